The van der Waals surface area contributed by atoms with Crippen LogP contribution in [-0.4, -0.2) is 41.6 Å². The molecule has 5 rings (SSSR count). The van der Waals surface area contributed by atoms with Crippen LogP contribution in [0.1, 0.15) is 54.9 Å². The van der Waals surface area contributed by atoms with Crippen LogP contribution in [0.15, 0.2) is 36.4 Å². The highest BCUT2D eigenvalue weighted by molar-refractivity contribution is 6.34. The van der Waals surface area contributed by atoms with E-state index in [-0.39, 0.29) is 16.6 Å². The number of carbonyl (C=O) groups excluding carboxylic acids is 2. The Kier molecular flexibility index (Phi) is 6.78. The average molecular weight is 524 g/mol. The zero-order chi connectivity index (χ0) is 26.2. The van der Waals surface area contributed by atoms with Gasteiger partial charge in [0.25, 0.3) is 5.91 Å². The van der Waals surface area contributed by atoms with Crippen molar-refractivity contribution in [2.75, 3.05) is 30.4 Å². The molecule has 37 heavy (non-hydrogen) atoms. The van der Waals surface area contributed by atoms with E-state index in [0.717, 1.165) is 36.9 Å². The van der Waals surface area contributed by atoms with Crippen LogP contribution in [0.4, 0.5) is 16.0 Å². The molecule has 3 aromatic rings. The van der Waals surface area contributed by atoms with Crippen LogP contribution in [0.5, 0.6) is 0 Å². The molecular weight excluding hydrogens is 497 g/mol. The van der Waals surface area contributed by atoms with Crippen LogP contribution in [0.2, 0.25) is 5.02 Å². The number of methoxy groups -OCH3 is 1. The molecular formula is C27H27ClFN5O3. The number of imidazole rings is 1. The molecule has 10 heteroatoms. The largest absolute Gasteiger partial charge is 0.468 e. The van der Waals surface area contributed by atoms with E-state index in [1.165, 1.54) is 25.3 Å². The molecule has 192 valence electrons. The summed E-state index contributed by atoms with van der Waals surface area (Å²) in [5.41, 5.74) is 1.19. The van der Waals surface area contributed by atoms with Gasteiger partial charge in [-0.1, -0.05) is 30.5 Å². The number of hydrogen-bond donors (Lipinski definition) is 1. The number of rotatable bonds is 5. The summed E-state index contributed by atoms with van der Waals surface area (Å²) >= 11 is 6.12. The maximum absolute atomic E-state index is 14.4. The number of ether oxygens (including phenoxy) is 1. The number of esters is 1. The lowest BCUT2D eigenvalue weighted by Crippen LogP contribution is -2.44. The van der Waals surface area contributed by atoms with Gasteiger partial charge in [0.05, 0.1) is 34.8 Å². The number of nitrogens with one attached hydrogen (secondary N) is 1. The number of amides is 1. The number of benzene rings is 2. The predicted molar refractivity (Wildman–Crippen MR) is 138 cm³/mol. The van der Waals surface area contributed by atoms with Crippen molar-refractivity contribution >= 4 is 46.1 Å². The summed E-state index contributed by atoms with van der Waals surface area (Å²) in [6.45, 7) is 1.06. The minimum Gasteiger partial charge on any atom is -0.468 e. The second-order valence-corrected chi connectivity index (χ2v) is 10.0. The van der Waals surface area contributed by atoms with E-state index >= 15 is 0 Å². The summed E-state index contributed by atoms with van der Waals surface area (Å²) in [6, 6.07) is 12.3. The van der Waals surface area contributed by atoms with Gasteiger partial charge in [-0.3, -0.25) is 14.9 Å². The van der Waals surface area contributed by atoms with E-state index in [4.69, 9.17) is 16.3 Å². The third-order valence-corrected chi connectivity index (χ3v) is 7.87. The molecule has 2 heterocycles. The van der Waals surface area contributed by atoms with Gasteiger partial charge in [-0.2, -0.15) is 5.26 Å². The first-order chi connectivity index (χ1) is 17.9. The lowest BCUT2D eigenvalue weighted by atomic mass is 9.79. The first-order valence-corrected chi connectivity index (χ1v) is 12.8. The minimum absolute atomic E-state index is 0.0359. The van der Waals surface area contributed by atoms with Gasteiger partial charge in [-0.05, 0) is 56.0 Å². The molecule has 1 N–H and O–H groups in total. The molecule has 1 aromatic heterocycles. The topological polar surface area (TPSA) is 100 Å². The van der Waals surface area contributed by atoms with Crippen LogP contribution >= 0.6 is 11.6 Å². The van der Waals surface area contributed by atoms with Gasteiger partial charge in [0.15, 0.2) is 5.41 Å². The molecule has 1 aliphatic carbocycles. The van der Waals surface area contributed by atoms with Crippen LogP contribution in [0.25, 0.3) is 11.0 Å². The van der Waals surface area contributed by atoms with E-state index in [2.05, 4.69) is 21.3 Å². The van der Waals surface area contributed by atoms with Crippen molar-refractivity contribution in [2.45, 2.75) is 44.6 Å². The zero-order valence-electron chi connectivity index (χ0n) is 20.5. The Labute approximate surface area is 219 Å². The number of fused-ring (bicyclic) bond motifs is 1. The van der Waals surface area contributed by atoms with E-state index in [0.29, 0.717) is 37.4 Å². The Hall–Kier alpha value is -3.64. The third kappa shape index (κ3) is 4.51. The Bertz CT molecular complexity index is 1380. The maximum atomic E-state index is 14.4. The van der Waals surface area contributed by atoms with Gasteiger partial charge in [0, 0.05) is 24.8 Å². The van der Waals surface area contributed by atoms with Gasteiger partial charge in [-0.25, -0.2) is 9.37 Å². The second kappa shape index (κ2) is 10.0. The second-order valence-electron chi connectivity index (χ2n) is 9.64. The van der Waals surface area contributed by atoms with Crippen molar-refractivity contribution in [3.63, 3.8) is 0 Å². The first-order valence-electron chi connectivity index (χ1n) is 12.4. The Morgan fingerprint density at radius 1 is 1.22 bits per heavy atom. The summed E-state index contributed by atoms with van der Waals surface area (Å²) in [5, 5.41) is 12.5. The fourth-order valence-corrected chi connectivity index (χ4v) is 5.73. The normalized spacial score (nSPS) is 17.5. The zero-order valence-corrected chi connectivity index (χ0v) is 21.2. The smallest absolute Gasteiger partial charge is 0.326 e. The van der Waals surface area contributed by atoms with Gasteiger partial charge in [0.2, 0.25) is 5.95 Å². The fraction of sp³-hybridized carbons (Fsp3) is 0.407. The minimum atomic E-state index is -1.12. The van der Waals surface area contributed by atoms with Crippen LogP contribution in [-0.2, 0) is 9.53 Å². The summed E-state index contributed by atoms with van der Waals surface area (Å²) in [6.07, 6.45) is 4.81. The van der Waals surface area contributed by atoms with Crippen molar-refractivity contribution in [1.29, 1.82) is 5.26 Å². The van der Waals surface area contributed by atoms with Gasteiger partial charge in [0.1, 0.15) is 5.82 Å². The number of aromatic nitrogens is 2. The third-order valence-electron chi connectivity index (χ3n) is 7.55. The number of piperidine rings is 1. The molecule has 2 aliphatic rings. The van der Waals surface area contributed by atoms with Gasteiger partial charge in [-0.15, -0.1) is 0 Å². The highest BCUT2D eigenvalue weighted by Crippen LogP contribution is 2.38. The number of anilines is 2. The van der Waals surface area contributed by atoms with E-state index in [1.54, 1.807) is 0 Å². The number of hydrogen-bond acceptors (Lipinski definition) is 6. The van der Waals surface area contributed by atoms with Crippen LogP contribution in [0.3, 0.4) is 0 Å². The molecule has 8 nitrogen and oxygen atoms in total. The number of nitrogens with zero attached hydrogens (tertiary/aromatic N) is 4. The maximum Gasteiger partial charge on any atom is 0.326 e. The van der Waals surface area contributed by atoms with Crippen molar-refractivity contribution in [1.82, 2.24) is 9.55 Å². The fourth-order valence-electron chi connectivity index (χ4n) is 5.48. The molecule has 1 aliphatic heterocycles. The number of nitriles is 1. The van der Waals surface area contributed by atoms with Crippen molar-refractivity contribution in [2.24, 2.45) is 5.41 Å². The first kappa shape index (κ1) is 25.0. The summed E-state index contributed by atoms with van der Waals surface area (Å²) in [7, 11) is 1.31. The SMILES string of the molecule is COC(=O)C1(C#N)CCN(c2ccc3nc(NC(=O)c4c(F)cccc4Cl)n(C4CCCC4)c3c2)CC1. The summed E-state index contributed by atoms with van der Waals surface area (Å²) in [5.74, 6) is -1.47. The molecule has 1 saturated carbocycles. The quantitative estimate of drug-likeness (QED) is 0.444. The molecule has 1 amide bonds. The van der Waals surface area contributed by atoms with Crippen LogP contribution < -0.4 is 10.2 Å². The summed E-state index contributed by atoms with van der Waals surface area (Å²) in [4.78, 5) is 32.1. The van der Waals surface area contributed by atoms with Crippen molar-refractivity contribution in [3.8, 4) is 6.07 Å². The predicted octanol–water partition coefficient (Wildman–Crippen LogP) is 5.48. The monoisotopic (exact) mass is 523 g/mol. The lowest BCUT2D eigenvalue weighted by Gasteiger charge is -2.36. The lowest BCUT2D eigenvalue weighted by molar-refractivity contribution is -0.150. The molecule has 2 aromatic carbocycles. The highest BCUT2D eigenvalue weighted by atomic mass is 35.5. The molecule has 0 bridgehead atoms. The van der Waals surface area contributed by atoms with Crippen molar-refractivity contribution in [3.05, 3.63) is 52.8 Å². The average Bonchev–Trinajstić information content (AvgIpc) is 3.55. The van der Waals surface area contributed by atoms with E-state index in [1.807, 2.05) is 22.8 Å². The van der Waals surface area contributed by atoms with E-state index in [9.17, 15) is 19.2 Å². The standard InChI is InChI=1S/C27H27ClFN5O3/c1-37-25(36)27(16-30)11-13-33(14-12-27)18-9-10-21-22(15-18)34(17-5-2-3-6-17)26(31-21)32-24(35)23-19(28)7-4-8-20(23)29/h4,7-10,15,17H,2-3,5-6,11-14H2,1H3,(H,31,32,35). The Morgan fingerprint density at radius 2 is 1.95 bits per heavy atom. The van der Waals surface area contributed by atoms with E-state index < -0.39 is 23.1 Å². The molecule has 2 fully saturated rings. The number of halogens is 2. The molecule has 0 radical (unpaired) electrons. The summed E-state index contributed by atoms with van der Waals surface area (Å²) < 4.78 is 21.3. The molecule has 0 spiro atoms. The van der Waals surface area contributed by atoms with Gasteiger partial charge >= 0.3 is 5.97 Å². The van der Waals surface area contributed by atoms with Crippen LogP contribution in [0, 0.1) is 22.6 Å². The van der Waals surface area contributed by atoms with Gasteiger partial charge < -0.3 is 14.2 Å². The number of carbonyl (C=O) groups is 2. The molecule has 1 saturated heterocycles. The Balaban J connectivity index is 1.48. The van der Waals surface area contributed by atoms with Crippen molar-refractivity contribution < 1.29 is 18.7 Å². The molecule has 0 unspecified atom stereocenters. The highest BCUT2D eigenvalue weighted by Gasteiger charge is 2.43. The molecule has 0 atom stereocenters. The Morgan fingerprint density at radius 3 is 2.59 bits per heavy atom.